The first-order chi connectivity index (χ1) is 11.3. The molecule has 1 N–H and O–H groups in total. The molecule has 1 aliphatic heterocycles. The summed E-state index contributed by atoms with van der Waals surface area (Å²) >= 11 is 0. The van der Waals surface area contributed by atoms with E-state index in [1.165, 1.54) is 32.1 Å². The van der Waals surface area contributed by atoms with Crippen LogP contribution < -0.4 is 5.32 Å². The molecule has 5 nitrogen and oxygen atoms in total. The topological polar surface area (TPSA) is 50.0 Å². The quantitative estimate of drug-likeness (QED) is 0.315. The summed E-state index contributed by atoms with van der Waals surface area (Å²) in [7, 11) is 1.73. The molecule has 0 atom stereocenters. The molecule has 136 valence electrons. The Morgan fingerprint density at radius 3 is 2.92 bits per heavy atom. The van der Waals surface area contributed by atoms with Crippen LogP contribution in [0.2, 0.25) is 0 Å². The molecule has 0 radical (unpaired) electrons. The molecule has 1 spiro atoms. The van der Waals surface area contributed by atoms with Crippen LogP contribution in [0.5, 0.6) is 0 Å². The van der Waals surface area contributed by atoms with Crippen molar-refractivity contribution >= 4 is 29.9 Å². The van der Waals surface area contributed by atoms with Crippen LogP contribution in [0.3, 0.4) is 0 Å². The number of hydrogen-bond donors (Lipinski definition) is 1. The van der Waals surface area contributed by atoms with Gasteiger partial charge < -0.3 is 19.4 Å². The molecule has 1 aromatic rings. The zero-order valence-corrected chi connectivity index (χ0v) is 17.0. The third-order valence-corrected chi connectivity index (χ3v) is 5.19. The van der Waals surface area contributed by atoms with Gasteiger partial charge in [-0.15, -0.1) is 24.0 Å². The van der Waals surface area contributed by atoms with Gasteiger partial charge >= 0.3 is 0 Å². The lowest BCUT2D eigenvalue weighted by atomic mass is 9.86. The molecule has 0 amide bonds. The van der Waals surface area contributed by atoms with E-state index in [1.54, 1.807) is 13.4 Å². The molecule has 1 saturated carbocycles. The highest BCUT2D eigenvalue weighted by Gasteiger charge is 2.41. The molecular formula is C18H30IN3O2. The monoisotopic (exact) mass is 447 g/mol. The van der Waals surface area contributed by atoms with Gasteiger partial charge in [-0.1, -0.05) is 12.8 Å². The van der Waals surface area contributed by atoms with E-state index in [9.17, 15) is 0 Å². The third-order valence-electron chi connectivity index (χ3n) is 5.19. The summed E-state index contributed by atoms with van der Waals surface area (Å²) in [6.45, 7) is 4.51. The van der Waals surface area contributed by atoms with E-state index in [2.05, 4.69) is 10.2 Å². The number of halogens is 1. The van der Waals surface area contributed by atoms with Gasteiger partial charge in [-0.25, -0.2) is 0 Å². The Kier molecular flexibility index (Phi) is 7.87. The highest BCUT2D eigenvalue weighted by Crippen LogP contribution is 2.45. The van der Waals surface area contributed by atoms with Crippen LogP contribution in [0.1, 0.15) is 37.9 Å². The number of nitrogens with zero attached hydrogens (tertiary/aromatic N) is 2. The van der Waals surface area contributed by atoms with Crippen LogP contribution in [0.4, 0.5) is 0 Å². The molecular weight excluding hydrogens is 417 g/mol. The number of guanidine groups is 1. The molecule has 1 aliphatic carbocycles. The molecule has 6 heteroatoms. The molecule has 3 rings (SSSR count). The number of ether oxygens (including phenoxy) is 1. The molecule has 2 heterocycles. The smallest absolute Gasteiger partial charge is 0.194 e. The number of methoxy groups -OCH3 is 1. The number of likely N-dealkylation sites (tertiary alicyclic amines) is 1. The number of furan rings is 1. The minimum absolute atomic E-state index is 0. The van der Waals surface area contributed by atoms with Crippen LogP contribution in [-0.4, -0.2) is 50.8 Å². The molecule has 1 aromatic heterocycles. The molecule has 0 aromatic carbocycles. The lowest BCUT2D eigenvalue weighted by Crippen LogP contribution is -2.42. The van der Waals surface area contributed by atoms with Crippen molar-refractivity contribution in [3.63, 3.8) is 0 Å². The first kappa shape index (κ1) is 19.6. The van der Waals surface area contributed by atoms with Gasteiger partial charge in [-0.2, -0.15) is 0 Å². The maximum atomic E-state index is 5.40. The summed E-state index contributed by atoms with van der Waals surface area (Å²) in [5, 5.41) is 3.53. The lowest BCUT2D eigenvalue weighted by Gasteiger charge is -2.26. The molecule has 0 bridgehead atoms. The standard InChI is InChI=1S/C18H29N3O2.HI/c1-22-14-11-20-17(19-10-6-16-5-4-13-23-16)21-12-9-18(15-21)7-2-3-8-18;/h4-5,13H,2-3,6-12,14-15H2,1H3,(H,19,20);1H. The maximum Gasteiger partial charge on any atom is 0.194 e. The van der Waals surface area contributed by atoms with E-state index in [1.807, 2.05) is 12.1 Å². The number of hydrogen-bond acceptors (Lipinski definition) is 3. The average molecular weight is 447 g/mol. The molecule has 2 aliphatic rings. The average Bonchev–Trinajstić information content (AvgIpc) is 3.30. The summed E-state index contributed by atoms with van der Waals surface area (Å²) in [6, 6.07) is 3.96. The maximum absolute atomic E-state index is 5.40. The second-order valence-electron chi connectivity index (χ2n) is 6.83. The van der Waals surface area contributed by atoms with Gasteiger partial charge in [0, 0.05) is 33.2 Å². The van der Waals surface area contributed by atoms with E-state index in [4.69, 9.17) is 14.1 Å². The Morgan fingerprint density at radius 1 is 1.38 bits per heavy atom. The number of rotatable bonds is 6. The predicted octanol–water partition coefficient (Wildman–Crippen LogP) is 3.30. The van der Waals surface area contributed by atoms with E-state index in [-0.39, 0.29) is 24.0 Å². The van der Waals surface area contributed by atoms with E-state index < -0.39 is 0 Å². The van der Waals surface area contributed by atoms with Gasteiger partial charge in [0.2, 0.25) is 0 Å². The van der Waals surface area contributed by atoms with E-state index in [0.29, 0.717) is 18.6 Å². The fourth-order valence-corrected chi connectivity index (χ4v) is 3.91. The fraction of sp³-hybridized carbons (Fsp3) is 0.722. The largest absolute Gasteiger partial charge is 0.469 e. The van der Waals surface area contributed by atoms with E-state index in [0.717, 1.165) is 37.8 Å². The van der Waals surface area contributed by atoms with Crippen molar-refractivity contribution in [3.05, 3.63) is 24.2 Å². The van der Waals surface area contributed by atoms with Crippen molar-refractivity contribution in [2.45, 2.75) is 38.5 Å². The first-order valence-corrected chi connectivity index (χ1v) is 8.86. The molecule has 0 unspecified atom stereocenters. The number of nitrogens with one attached hydrogen (secondary N) is 1. The Balaban J connectivity index is 0.00000208. The summed E-state index contributed by atoms with van der Waals surface area (Å²) in [5.74, 6) is 2.06. The third kappa shape index (κ3) is 5.12. The van der Waals surface area contributed by atoms with Crippen LogP contribution in [0, 0.1) is 5.41 Å². The first-order valence-electron chi connectivity index (χ1n) is 8.86. The van der Waals surface area contributed by atoms with Crippen molar-refractivity contribution < 1.29 is 9.15 Å². The molecule has 1 saturated heterocycles. The Labute approximate surface area is 162 Å². The number of aliphatic imine (C=N–C) groups is 1. The summed E-state index contributed by atoms with van der Waals surface area (Å²) in [6.07, 6.45) is 9.51. The second-order valence-corrected chi connectivity index (χ2v) is 6.83. The highest BCUT2D eigenvalue weighted by molar-refractivity contribution is 14.0. The van der Waals surface area contributed by atoms with Crippen molar-refractivity contribution in [2.75, 3.05) is 39.9 Å². The lowest BCUT2D eigenvalue weighted by molar-refractivity contribution is 0.207. The summed E-state index contributed by atoms with van der Waals surface area (Å²) in [4.78, 5) is 7.19. The van der Waals surface area contributed by atoms with Crippen LogP contribution in [0.15, 0.2) is 27.8 Å². The van der Waals surface area contributed by atoms with Crippen LogP contribution >= 0.6 is 24.0 Å². The predicted molar refractivity (Wildman–Crippen MR) is 107 cm³/mol. The normalized spacial score (nSPS) is 19.7. The second kappa shape index (κ2) is 9.65. The van der Waals surface area contributed by atoms with Crippen molar-refractivity contribution in [1.29, 1.82) is 0 Å². The minimum Gasteiger partial charge on any atom is -0.469 e. The Morgan fingerprint density at radius 2 is 2.21 bits per heavy atom. The van der Waals surface area contributed by atoms with Gasteiger partial charge in [0.1, 0.15) is 5.76 Å². The SMILES string of the molecule is COCCN=C(NCCc1ccco1)N1CCC2(CCCC2)C1.I. The summed E-state index contributed by atoms with van der Waals surface area (Å²) < 4.78 is 10.5. The fourth-order valence-electron chi connectivity index (χ4n) is 3.91. The van der Waals surface area contributed by atoms with Gasteiger partial charge in [-0.05, 0) is 36.8 Å². The minimum atomic E-state index is 0. The van der Waals surface area contributed by atoms with Crippen LogP contribution in [-0.2, 0) is 11.2 Å². The molecule has 2 fully saturated rings. The summed E-state index contributed by atoms with van der Waals surface area (Å²) in [5.41, 5.74) is 0.560. The zero-order chi connectivity index (χ0) is 16.0. The van der Waals surface area contributed by atoms with Crippen LogP contribution in [0.25, 0.3) is 0 Å². The van der Waals surface area contributed by atoms with Crippen molar-refractivity contribution in [3.8, 4) is 0 Å². The molecule has 24 heavy (non-hydrogen) atoms. The van der Waals surface area contributed by atoms with Crippen molar-refractivity contribution in [2.24, 2.45) is 10.4 Å². The van der Waals surface area contributed by atoms with E-state index >= 15 is 0 Å². The van der Waals surface area contributed by atoms with Gasteiger partial charge in [-0.3, -0.25) is 4.99 Å². The Bertz CT molecular complexity index is 498. The highest BCUT2D eigenvalue weighted by atomic mass is 127. The zero-order valence-electron chi connectivity index (χ0n) is 14.6. The van der Waals surface area contributed by atoms with Gasteiger partial charge in [0.15, 0.2) is 5.96 Å². The van der Waals surface area contributed by atoms with Gasteiger partial charge in [0.25, 0.3) is 0 Å². The van der Waals surface area contributed by atoms with Crippen molar-refractivity contribution in [1.82, 2.24) is 10.2 Å². The Hall–Kier alpha value is -0.760. The van der Waals surface area contributed by atoms with Gasteiger partial charge in [0.05, 0.1) is 19.4 Å².